The minimum atomic E-state index is -0.833. The summed E-state index contributed by atoms with van der Waals surface area (Å²) in [6.45, 7) is 14.2. The summed E-state index contributed by atoms with van der Waals surface area (Å²) in [6, 6.07) is 6.27. The van der Waals surface area contributed by atoms with Gasteiger partial charge in [-0.15, -0.1) is 0 Å². The summed E-state index contributed by atoms with van der Waals surface area (Å²) in [5.74, 6) is -0.0988. The fourth-order valence-electron chi connectivity index (χ4n) is 5.53. The number of aryl methyl sites for hydroxylation is 1. The number of esters is 1. The van der Waals surface area contributed by atoms with Gasteiger partial charge < -0.3 is 14.8 Å². The molecule has 1 aliphatic heterocycles. The van der Waals surface area contributed by atoms with Crippen molar-refractivity contribution in [3.63, 3.8) is 0 Å². The van der Waals surface area contributed by atoms with Gasteiger partial charge in [0.25, 0.3) is 0 Å². The number of alkyl carbamates (subject to hydrolysis) is 1. The lowest BCUT2D eigenvalue weighted by Crippen LogP contribution is -2.50. The molecule has 5 atom stereocenters. The van der Waals surface area contributed by atoms with Crippen LogP contribution >= 0.6 is 0 Å². The molecule has 1 aromatic carbocycles. The summed E-state index contributed by atoms with van der Waals surface area (Å²) < 4.78 is 11.5. The molecule has 2 bridgehead atoms. The fraction of sp³-hybridized carbons (Fsp3) is 0.640. The molecule has 1 aromatic rings. The van der Waals surface area contributed by atoms with Crippen molar-refractivity contribution in [1.29, 1.82) is 0 Å². The zero-order valence-electron chi connectivity index (χ0n) is 19.6. The summed E-state index contributed by atoms with van der Waals surface area (Å²) in [5.41, 5.74) is 2.15. The van der Waals surface area contributed by atoms with E-state index in [0.29, 0.717) is 5.92 Å². The van der Waals surface area contributed by atoms with E-state index in [4.69, 9.17) is 14.5 Å². The minimum absolute atomic E-state index is 0.0175. The van der Waals surface area contributed by atoms with Crippen molar-refractivity contribution in [2.75, 3.05) is 0 Å². The maximum atomic E-state index is 13.2. The van der Waals surface area contributed by atoms with Crippen LogP contribution < -0.4 is 5.32 Å². The molecule has 0 aromatic heterocycles. The first-order valence-corrected chi connectivity index (χ1v) is 11.2. The molecule has 6 nitrogen and oxygen atoms in total. The Morgan fingerprint density at radius 2 is 1.87 bits per heavy atom. The van der Waals surface area contributed by atoms with E-state index >= 15 is 0 Å². The Labute approximate surface area is 184 Å². The van der Waals surface area contributed by atoms with Crippen molar-refractivity contribution >= 4 is 17.8 Å². The lowest BCUT2D eigenvalue weighted by atomic mass is 9.70. The maximum absolute atomic E-state index is 13.2. The zero-order chi connectivity index (χ0) is 22.8. The number of nitrogens with one attached hydrogen (secondary N) is 1. The van der Waals surface area contributed by atoms with Gasteiger partial charge >= 0.3 is 12.1 Å². The van der Waals surface area contributed by atoms with Gasteiger partial charge in [0.2, 0.25) is 0 Å². The number of nitrogens with zero attached hydrogens (tertiary/aromatic N) is 1. The molecule has 1 unspecified atom stereocenters. The summed E-state index contributed by atoms with van der Waals surface area (Å²) >= 11 is 0. The van der Waals surface area contributed by atoms with Crippen molar-refractivity contribution in [2.45, 2.75) is 85.1 Å². The van der Waals surface area contributed by atoms with Gasteiger partial charge in [0.15, 0.2) is 6.04 Å². The molecule has 1 heterocycles. The number of hydrogen-bond donors (Lipinski definition) is 1. The third kappa shape index (κ3) is 3.54. The molecule has 0 saturated heterocycles. The van der Waals surface area contributed by atoms with Gasteiger partial charge in [0.05, 0.1) is 11.8 Å². The first-order valence-electron chi connectivity index (χ1n) is 11.2. The van der Waals surface area contributed by atoms with Crippen LogP contribution in [0.4, 0.5) is 4.79 Å². The van der Waals surface area contributed by atoms with Crippen molar-refractivity contribution in [1.82, 2.24) is 5.32 Å². The molecular weight excluding hydrogens is 392 g/mol. The van der Waals surface area contributed by atoms with Gasteiger partial charge in [-0.1, -0.05) is 50.6 Å². The summed E-state index contributed by atoms with van der Waals surface area (Å²) in [4.78, 5) is 30.8. The van der Waals surface area contributed by atoms with Crippen molar-refractivity contribution in [2.24, 2.45) is 21.7 Å². The smallest absolute Gasteiger partial charge is 0.408 e. The van der Waals surface area contributed by atoms with E-state index in [2.05, 4.69) is 26.1 Å². The summed E-state index contributed by atoms with van der Waals surface area (Å²) in [6.07, 6.45) is 1.24. The summed E-state index contributed by atoms with van der Waals surface area (Å²) in [7, 11) is 0. The van der Waals surface area contributed by atoms with Gasteiger partial charge in [-0.2, -0.15) is 0 Å². The Hall–Kier alpha value is -2.37. The molecule has 0 spiro atoms. The molecule has 2 saturated carbocycles. The second kappa shape index (κ2) is 7.07. The molecule has 31 heavy (non-hydrogen) atoms. The van der Waals surface area contributed by atoms with Crippen LogP contribution in [0, 0.1) is 23.7 Å². The van der Waals surface area contributed by atoms with E-state index in [0.717, 1.165) is 29.7 Å². The molecular formula is C25H34N2O4. The van der Waals surface area contributed by atoms with Gasteiger partial charge in [0.1, 0.15) is 11.7 Å². The SMILES string of the molecule is Cc1ccc([C@H](NC(=O)OC(C)(C)C)[C@H]2N=C3C(OC2=O)[C@]2(C)CC[C@H]3C2(C)C)cc1. The van der Waals surface area contributed by atoms with Crippen LogP contribution in [0.1, 0.15) is 71.6 Å². The average Bonchev–Trinajstić information content (AvgIpc) is 2.97. The second-order valence-electron chi connectivity index (χ2n) is 11.1. The number of rotatable bonds is 3. The largest absolute Gasteiger partial charge is 0.454 e. The fourth-order valence-corrected chi connectivity index (χ4v) is 5.53. The first-order chi connectivity index (χ1) is 14.3. The van der Waals surface area contributed by atoms with Gasteiger partial charge in [-0.3, -0.25) is 4.99 Å². The Bertz CT molecular complexity index is 928. The van der Waals surface area contributed by atoms with E-state index in [1.54, 1.807) is 0 Å². The molecule has 2 fully saturated rings. The Morgan fingerprint density at radius 1 is 1.23 bits per heavy atom. The predicted octanol–water partition coefficient (Wildman–Crippen LogP) is 4.75. The van der Waals surface area contributed by atoms with Crippen molar-refractivity contribution in [3.8, 4) is 0 Å². The Morgan fingerprint density at radius 3 is 2.48 bits per heavy atom. The first kappa shape index (κ1) is 21.8. The molecule has 1 amide bonds. The standard InChI is InChI=1S/C25H34N2O4/c1-14-8-10-15(11-9-14)17(27-22(29)31-23(2,3)4)19-21(28)30-20-18(26-19)16-12-13-25(20,7)24(16,5)6/h8-11,16-17,19-20H,12-13H2,1-7H3,(H,27,29)/t16-,17+,19-,20?,25+/m1/s1. The van der Waals surface area contributed by atoms with Crippen LogP contribution in [0.25, 0.3) is 0 Å². The second-order valence-corrected chi connectivity index (χ2v) is 11.1. The van der Waals surface area contributed by atoms with Crippen LogP contribution in [0.2, 0.25) is 0 Å². The highest BCUT2D eigenvalue weighted by Gasteiger charge is 2.68. The molecule has 3 aliphatic rings. The van der Waals surface area contributed by atoms with Crippen molar-refractivity contribution in [3.05, 3.63) is 35.4 Å². The lowest BCUT2D eigenvalue weighted by Gasteiger charge is -2.40. The van der Waals surface area contributed by atoms with Crippen LogP contribution in [0.15, 0.2) is 29.3 Å². The molecule has 6 heteroatoms. The van der Waals surface area contributed by atoms with Gasteiger partial charge in [0, 0.05) is 11.3 Å². The quantitative estimate of drug-likeness (QED) is 0.708. The van der Waals surface area contributed by atoms with Gasteiger partial charge in [-0.25, -0.2) is 9.59 Å². The molecule has 1 N–H and O–H groups in total. The van der Waals surface area contributed by atoms with Gasteiger partial charge in [-0.05, 0) is 51.5 Å². The molecule has 4 rings (SSSR count). The Kier molecular flexibility index (Phi) is 4.99. The van der Waals surface area contributed by atoms with E-state index in [-0.39, 0.29) is 22.9 Å². The molecule has 0 radical (unpaired) electrons. The highest BCUT2D eigenvalue weighted by atomic mass is 16.6. The number of benzene rings is 1. The number of ether oxygens (including phenoxy) is 2. The number of hydrogen-bond acceptors (Lipinski definition) is 5. The average molecular weight is 427 g/mol. The number of amides is 1. The summed E-state index contributed by atoms with van der Waals surface area (Å²) in [5, 5.41) is 2.89. The monoisotopic (exact) mass is 426 g/mol. The van der Waals surface area contributed by atoms with E-state index in [1.165, 1.54) is 0 Å². The maximum Gasteiger partial charge on any atom is 0.408 e. The number of carbonyl (C=O) groups is 2. The predicted molar refractivity (Wildman–Crippen MR) is 119 cm³/mol. The van der Waals surface area contributed by atoms with Crippen LogP contribution in [-0.4, -0.2) is 35.5 Å². The minimum Gasteiger partial charge on any atom is -0.454 e. The van der Waals surface area contributed by atoms with E-state index in [1.807, 2.05) is 52.0 Å². The number of aliphatic imine (C=N–C) groups is 1. The van der Waals surface area contributed by atoms with Crippen LogP contribution in [0.5, 0.6) is 0 Å². The van der Waals surface area contributed by atoms with E-state index < -0.39 is 23.8 Å². The zero-order valence-corrected chi connectivity index (χ0v) is 19.6. The lowest BCUT2D eigenvalue weighted by molar-refractivity contribution is -0.156. The highest BCUT2D eigenvalue weighted by molar-refractivity contribution is 6.01. The highest BCUT2D eigenvalue weighted by Crippen LogP contribution is 2.65. The number of carbonyl (C=O) groups excluding carboxylic acids is 2. The third-order valence-electron chi connectivity index (χ3n) is 7.69. The van der Waals surface area contributed by atoms with Crippen LogP contribution in [0.3, 0.4) is 0 Å². The molecule has 2 aliphatic carbocycles. The third-order valence-corrected chi connectivity index (χ3v) is 7.69. The van der Waals surface area contributed by atoms with Crippen molar-refractivity contribution < 1.29 is 19.1 Å². The Balaban J connectivity index is 1.71. The van der Waals surface area contributed by atoms with Crippen LogP contribution in [-0.2, 0) is 14.3 Å². The number of fused-ring (bicyclic) bond motifs is 5. The topological polar surface area (TPSA) is 77.0 Å². The normalized spacial score (nSPS) is 32.0. The molecule has 168 valence electrons. The van der Waals surface area contributed by atoms with E-state index in [9.17, 15) is 9.59 Å².